The van der Waals surface area contributed by atoms with Crippen molar-refractivity contribution in [1.29, 1.82) is 0 Å². The predicted molar refractivity (Wildman–Crippen MR) is 94.3 cm³/mol. The molecule has 0 atom stereocenters. The fraction of sp³-hybridized carbons (Fsp3) is 0.154. The second-order valence-corrected chi connectivity index (χ2v) is 6.67. The van der Waals surface area contributed by atoms with E-state index in [4.69, 9.17) is 28.9 Å². The molecule has 4 nitrogen and oxygen atoms in total. The van der Waals surface area contributed by atoms with Crippen LogP contribution in [-0.4, -0.2) is 16.2 Å². The van der Waals surface area contributed by atoms with Crippen LogP contribution < -0.4 is 5.73 Å². The molecule has 1 aliphatic heterocycles. The minimum Gasteiger partial charge on any atom is -0.396 e. The lowest BCUT2D eigenvalue weighted by Crippen LogP contribution is -1.93. The van der Waals surface area contributed by atoms with Gasteiger partial charge in [0.05, 0.1) is 23.6 Å². The Kier molecular flexibility index (Phi) is 5.60. The maximum atomic E-state index is 5.73. The van der Waals surface area contributed by atoms with E-state index >= 15 is 0 Å². The standard InChI is InChI=1S/C7H4BrClN2.C6H6BrClN2/c8-5-1-7(9)11-6-3-10-2-4(5)6;1-3-6(9)4(7)2-5(8)10-3/h1,3H,2H2;2H,9H2,1H3. The Hall–Kier alpha value is -0.690. The molecule has 0 fully saturated rings. The van der Waals surface area contributed by atoms with Crippen molar-refractivity contribution in [3.8, 4) is 0 Å². The summed E-state index contributed by atoms with van der Waals surface area (Å²) in [7, 11) is 0. The SMILES string of the molecule is Cc1nc(Cl)cc(Br)c1N.Clc1cc(Br)c2c(n1)C=NC2. The lowest BCUT2D eigenvalue weighted by atomic mass is 10.2. The second kappa shape index (κ2) is 7.05. The first-order valence-corrected chi connectivity index (χ1v) is 8.15. The van der Waals surface area contributed by atoms with Crippen LogP contribution in [0.5, 0.6) is 0 Å². The number of nitrogens with two attached hydrogens (primary N) is 1. The summed E-state index contributed by atoms with van der Waals surface area (Å²) in [5, 5.41) is 0.961. The molecule has 8 heteroatoms. The Labute approximate surface area is 149 Å². The van der Waals surface area contributed by atoms with Crippen LogP contribution in [0.15, 0.2) is 26.1 Å². The number of halogens is 4. The molecule has 0 spiro atoms. The van der Waals surface area contributed by atoms with Crippen LogP contribution in [0.3, 0.4) is 0 Å². The highest BCUT2D eigenvalue weighted by Crippen LogP contribution is 2.25. The van der Waals surface area contributed by atoms with Gasteiger partial charge in [-0.25, -0.2) is 9.97 Å². The number of nitrogen functional groups attached to an aromatic ring is 1. The first kappa shape index (κ1) is 16.7. The third kappa shape index (κ3) is 4.16. The molecule has 2 N–H and O–H groups in total. The molecule has 1 aliphatic rings. The molecule has 0 aliphatic carbocycles. The summed E-state index contributed by atoms with van der Waals surface area (Å²) in [5.74, 6) is 0. The maximum Gasteiger partial charge on any atom is 0.130 e. The van der Waals surface area contributed by atoms with Gasteiger partial charge < -0.3 is 5.73 Å². The molecular weight excluding hydrogens is 443 g/mol. The fourth-order valence-corrected chi connectivity index (χ4v) is 3.37. The van der Waals surface area contributed by atoms with Crippen LogP contribution >= 0.6 is 55.1 Å². The van der Waals surface area contributed by atoms with Gasteiger partial charge in [-0.2, -0.15) is 0 Å². The molecule has 0 unspecified atom stereocenters. The van der Waals surface area contributed by atoms with Crippen LogP contribution in [0.25, 0.3) is 0 Å². The highest BCUT2D eigenvalue weighted by Gasteiger charge is 2.11. The van der Waals surface area contributed by atoms with Gasteiger partial charge in [-0.3, -0.25) is 4.99 Å². The number of rotatable bonds is 0. The number of fused-ring (bicyclic) bond motifs is 1. The summed E-state index contributed by atoms with van der Waals surface area (Å²) >= 11 is 18.0. The molecular formula is C13H10Br2Cl2N4. The number of aromatic nitrogens is 2. The van der Waals surface area contributed by atoms with Crippen molar-refractivity contribution in [1.82, 2.24) is 9.97 Å². The monoisotopic (exact) mass is 450 g/mol. The molecule has 2 aromatic rings. The molecule has 3 heterocycles. The quantitative estimate of drug-likeness (QED) is 0.583. The number of hydrogen-bond acceptors (Lipinski definition) is 4. The Morgan fingerprint density at radius 1 is 1.10 bits per heavy atom. The van der Waals surface area contributed by atoms with Gasteiger partial charge in [-0.05, 0) is 35.0 Å². The topological polar surface area (TPSA) is 64.2 Å². The molecule has 0 radical (unpaired) electrons. The summed E-state index contributed by atoms with van der Waals surface area (Å²) in [4.78, 5) is 12.1. The van der Waals surface area contributed by atoms with E-state index in [0.29, 0.717) is 22.5 Å². The number of nitrogens with zero attached hydrogens (tertiary/aromatic N) is 3. The van der Waals surface area contributed by atoms with E-state index in [1.165, 1.54) is 0 Å². The molecule has 0 amide bonds. The van der Waals surface area contributed by atoms with E-state index in [1.54, 1.807) is 18.3 Å². The van der Waals surface area contributed by atoms with Crippen LogP contribution in [0.2, 0.25) is 10.3 Å². The van der Waals surface area contributed by atoms with Crippen molar-refractivity contribution < 1.29 is 0 Å². The third-order valence-electron chi connectivity index (χ3n) is 2.70. The van der Waals surface area contributed by atoms with Crippen LogP contribution in [0.1, 0.15) is 17.0 Å². The number of hydrogen-bond donors (Lipinski definition) is 1. The molecule has 0 aromatic carbocycles. The smallest absolute Gasteiger partial charge is 0.130 e. The van der Waals surface area contributed by atoms with Gasteiger partial charge in [0.15, 0.2) is 0 Å². The van der Waals surface area contributed by atoms with Gasteiger partial charge in [0.25, 0.3) is 0 Å². The van der Waals surface area contributed by atoms with E-state index in [1.807, 2.05) is 6.92 Å². The zero-order valence-corrected chi connectivity index (χ0v) is 15.6. The molecule has 21 heavy (non-hydrogen) atoms. The lowest BCUT2D eigenvalue weighted by Gasteiger charge is -2.00. The molecule has 0 bridgehead atoms. The van der Waals surface area contributed by atoms with Gasteiger partial charge in [-0.1, -0.05) is 39.1 Å². The number of aryl methyl sites for hydroxylation is 1. The highest BCUT2D eigenvalue weighted by atomic mass is 79.9. The van der Waals surface area contributed by atoms with E-state index in [0.717, 1.165) is 25.9 Å². The van der Waals surface area contributed by atoms with Gasteiger partial charge in [0.1, 0.15) is 10.3 Å². The summed E-state index contributed by atoms with van der Waals surface area (Å²) < 4.78 is 1.79. The van der Waals surface area contributed by atoms with Crippen molar-refractivity contribution in [2.24, 2.45) is 4.99 Å². The van der Waals surface area contributed by atoms with Crippen LogP contribution in [0, 0.1) is 6.92 Å². The minimum atomic E-state index is 0.457. The van der Waals surface area contributed by atoms with Gasteiger partial charge in [0, 0.05) is 20.7 Å². The van der Waals surface area contributed by atoms with Crippen molar-refractivity contribution >= 4 is 67.0 Å². The third-order valence-corrected chi connectivity index (χ3v) is 4.45. The molecule has 110 valence electrons. The van der Waals surface area contributed by atoms with Crippen LogP contribution in [-0.2, 0) is 6.54 Å². The number of anilines is 1. The summed E-state index contributed by atoms with van der Waals surface area (Å²) in [5.41, 5.74) is 8.97. The van der Waals surface area contributed by atoms with E-state index in [9.17, 15) is 0 Å². The number of pyridine rings is 2. The molecule has 2 aromatic heterocycles. The zero-order chi connectivity index (χ0) is 15.6. The first-order valence-electron chi connectivity index (χ1n) is 5.81. The second-order valence-electron chi connectivity index (χ2n) is 4.19. The maximum absolute atomic E-state index is 5.73. The molecule has 0 saturated heterocycles. The highest BCUT2D eigenvalue weighted by molar-refractivity contribution is 9.10. The van der Waals surface area contributed by atoms with Crippen molar-refractivity contribution in [2.75, 3.05) is 5.73 Å². The average molecular weight is 453 g/mol. The normalized spacial score (nSPS) is 11.9. The van der Waals surface area contributed by atoms with Crippen molar-refractivity contribution in [3.63, 3.8) is 0 Å². The first-order chi connectivity index (χ1) is 9.88. The lowest BCUT2D eigenvalue weighted by molar-refractivity contribution is 1.08. The van der Waals surface area contributed by atoms with Crippen molar-refractivity contribution in [3.05, 3.63) is 48.3 Å². The Morgan fingerprint density at radius 2 is 1.71 bits per heavy atom. The largest absolute Gasteiger partial charge is 0.396 e. The van der Waals surface area contributed by atoms with Crippen LogP contribution in [0.4, 0.5) is 5.69 Å². The van der Waals surface area contributed by atoms with Gasteiger partial charge in [0.2, 0.25) is 0 Å². The molecule has 3 rings (SSSR count). The molecule has 0 saturated carbocycles. The Morgan fingerprint density at radius 3 is 2.38 bits per heavy atom. The fourth-order valence-electron chi connectivity index (χ4n) is 1.62. The predicted octanol–water partition coefficient (Wildman–Crippen LogP) is 4.82. The average Bonchev–Trinajstić information content (AvgIpc) is 2.85. The minimum absolute atomic E-state index is 0.457. The summed E-state index contributed by atoms with van der Waals surface area (Å²) in [6, 6.07) is 3.46. The van der Waals surface area contributed by atoms with Crippen molar-refractivity contribution in [2.45, 2.75) is 13.5 Å². The number of aliphatic imine (C=N–C) groups is 1. The summed E-state index contributed by atoms with van der Waals surface area (Å²) in [6.07, 6.45) is 1.74. The summed E-state index contributed by atoms with van der Waals surface area (Å²) in [6.45, 7) is 2.52. The zero-order valence-electron chi connectivity index (χ0n) is 10.9. The Balaban J connectivity index is 0.000000155. The van der Waals surface area contributed by atoms with Gasteiger partial charge in [-0.15, -0.1) is 0 Å². The van der Waals surface area contributed by atoms with E-state index < -0.39 is 0 Å². The Bertz CT molecular complexity index is 697. The van der Waals surface area contributed by atoms with E-state index in [2.05, 4.69) is 46.8 Å². The van der Waals surface area contributed by atoms with Gasteiger partial charge >= 0.3 is 0 Å². The van der Waals surface area contributed by atoms with E-state index in [-0.39, 0.29) is 0 Å².